The zero-order valence-corrected chi connectivity index (χ0v) is 5.59. The predicted octanol–water partition coefficient (Wildman–Crippen LogP) is -0.269. The molecule has 0 saturated heterocycles. The molecule has 0 aromatic rings. The van der Waals surface area contributed by atoms with Crippen molar-refractivity contribution in [3.05, 3.63) is 0 Å². The van der Waals surface area contributed by atoms with Crippen molar-refractivity contribution in [3.8, 4) is 6.26 Å². The summed E-state index contributed by atoms with van der Waals surface area (Å²) in [5.41, 5.74) is 0. The Labute approximate surface area is 86.8 Å². The third-order valence-electron chi connectivity index (χ3n) is 0.843. The summed E-state index contributed by atoms with van der Waals surface area (Å²) in [6.45, 7) is 1.76. The molecule has 0 unspecified atom stereocenters. The third kappa shape index (κ3) is 6.05. The van der Waals surface area contributed by atoms with Crippen LogP contribution < -0.4 is 0 Å². The zero-order chi connectivity index (χ0) is 7.98. The summed E-state index contributed by atoms with van der Waals surface area (Å²) in [6, 6.07) is 0. The van der Waals surface area contributed by atoms with Gasteiger partial charge in [-0.05, 0) is 6.42 Å². The Morgan fingerprint density at radius 1 is 1.55 bits per heavy atom. The average molecular weight is 165 g/mol. The molecule has 0 atom stereocenters. The van der Waals surface area contributed by atoms with Crippen molar-refractivity contribution in [2.45, 2.75) is 19.8 Å². The molecule has 0 aliphatic rings. The number of ether oxygens (including phenoxy) is 1. The van der Waals surface area contributed by atoms with Crippen LogP contribution in [0.2, 0.25) is 0 Å². The monoisotopic (exact) mass is 165 g/mol. The number of carbonyl (C=O) groups excluding carboxylic acids is 2. The van der Waals surface area contributed by atoms with Gasteiger partial charge in [0.15, 0.2) is 0 Å². The second-order valence-corrected chi connectivity index (χ2v) is 1.65. The average Bonchev–Trinajstić information content (AvgIpc) is 1.89. The summed E-state index contributed by atoms with van der Waals surface area (Å²) in [6.07, 6.45) is 1.86. The van der Waals surface area contributed by atoms with E-state index < -0.39 is 11.8 Å². The molecule has 4 nitrogen and oxygen atoms in total. The number of esters is 1. The predicted molar refractivity (Wildman–Crippen MR) is 38.8 cm³/mol. The first-order valence-electron chi connectivity index (χ1n) is 2.85. The molecule has 11 heavy (non-hydrogen) atoms. The van der Waals surface area contributed by atoms with Crippen LogP contribution in [0.3, 0.4) is 0 Å². The van der Waals surface area contributed by atoms with Crippen LogP contribution in [0.4, 0.5) is 0 Å². The minimum absolute atomic E-state index is 0. The molecule has 0 fully saturated rings. The molecule has 0 aromatic heterocycles. The molecule has 0 spiro atoms. The maximum absolute atomic E-state index is 10.5. The molecule has 0 heterocycles. The minimum atomic E-state index is -1.07. The molecule has 0 amide bonds. The fourth-order valence-electron chi connectivity index (χ4n) is 0.427. The Morgan fingerprint density at radius 3 is 2.45 bits per heavy atom. The first-order chi connectivity index (χ1) is 4.72. The second-order valence-electron chi connectivity index (χ2n) is 1.65. The van der Waals surface area contributed by atoms with Gasteiger partial charge < -0.3 is 4.74 Å². The van der Waals surface area contributed by atoms with Crippen LogP contribution in [-0.2, 0) is 14.3 Å². The van der Waals surface area contributed by atoms with E-state index in [0.717, 1.165) is 6.26 Å². The summed E-state index contributed by atoms with van der Waals surface area (Å²) < 4.78 is 3.77. The molecule has 56 valence electrons. The van der Waals surface area contributed by atoms with Gasteiger partial charge in [-0.15, -0.1) is 5.26 Å². The fourth-order valence-corrected chi connectivity index (χ4v) is 0.427. The third-order valence-corrected chi connectivity index (χ3v) is 0.843. The molecule has 0 saturated carbocycles. The molecule has 0 radical (unpaired) electrons. The zero-order valence-electron chi connectivity index (χ0n) is 5.59. The van der Waals surface area contributed by atoms with Crippen LogP contribution in [0, 0.1) is 11.5 Å². The molecule has 0 aliphatic heterocycles. The van der Waals surface area contributed by atoms with E-state index in [1.54, 1.807) is 6.92 Å². The number of carbonyl (C=O) groups is 2. The standard InChI is InChI=1S/C6H7NO3.Na.H/c1-2-3-5(8)6(9)10-4-7;;/h2-3H2,1H3;;. The van der Waals surface area contributed by atoms with E-state index in [-0.39, 0.29) is 36.0 Å². The van der Waals surface area contributed by atoms with E-state index >= 15 is 0 Å². The topological polar surface area (TPSA) is 67.2 Å². The summed E-state index contributed by atoms with van der Waals surface area (Å²) in [5.74, 6) is -1.71. The van der Waals surface area contributed by atoms with E-state index in [4.69, 9.17) is 5.26 Å². The number of Topliss-reactive ketones (excluding diaryl/α,β-unsaturated/α-hetero) is 1. The van der Waals surface area contributed by atoms with Crippen molar-refractivity contribution < 1.29 is 14.3 Å². The molecule has 0 N–H and O–H groups in total. The molecule has 0 aromatic carbocycles. The van der Waals surface area contributed by atoms with Gasteiger partial charge in [0.05, 0.1) is 0 Å². The summed E-state index contributed by atoms with van der Waals surface area (Å²) in [5, 5.41) is 7.81. The first-order valence-corrected chi connectivity index (χ1v) is 2.85. The number of rotatable bonds is 3. The van der Waals surface area contributed by atoms with Gasteiger partial charge in [-0.1, -0.05) is 6.92 Å². The van der Waals surface area contributed by atoms with Gasteiger partial charge in [-0.2, -0.15) is 0 Å². The van der Waals surface area contributed by atoms with Gasteiger partial charge in [-0.25, -0.2) is 4.79 Å². The Bertz CT molecular complexity index is 185. The second kappa shape index (κ2) is 7.73. The fraction of sp³-hybridized carbons (Fsp3) is 0.500. The number of ketones is 1. The van der Waals surface area contributed by atoms with Crippen molar-refractivity contribution in [1.82, 2.24) is 0 Å². The van der Waals surface area contributed by atoms with Gasteiger partial charge >= 0.3 is 35.5 Å². The van der Waals surface area contributed by atoms with Crippen LogP contribution in [0.15, 0.2) is 0 Å². The van der Waals surface area contributed by atoms with Crippen LogP contribution in [0.5, 0.6) is 0 Å². The quantitative estimate of drug-likeness (QED) is 0.250. The van der Waals surface area contributed by atoms with Crippen LogP contribution in [0.1, 0.15) is 19.8 Å². The molecule has 0 aliphatic carbocycles. The van der Waals surface area contributed by atoms with Crippen molar-refractivity contribution in [1.29, 1.82) is 5.26 Å². The van der Waals surface area contributed by atoms with E-state index in [2.05, 4.69) is 4.74 Å². The number of hydrogen-bond donors (Lipinski definition) is 0. The van der Waals surface area contributed by atoms with E-state index in [0.29, 0.717) is 6.42 Å². The number of hydrogen-bond acceptors (Lipinski definition) is 4. The van der Waals surface area contributed by atoms with Gasteiger partial charge in [0, 0.05) is 6.42 Å². The number of nitriles is 1. The normalized spacial score (nSPS) is 7.27. The Kier molecular flexibility index (Phi) is 9.31. The molecule has 0 bridgehead atoms. The summed E-state index contributed by atoms with van der Waals surface area (Å²) in [7, 11) is 0. The summed E-state index contributed by atoms with van der Waals surface area (Å²) >= 11 is 0. The maximum atomic E-state index is 10.5. The van der Waals surface area contributed by atoms with Crippen LogP contribution in [-0.4, -0.2) is 41.3 Å². The summed E-state index contributed by atoms with van der Waals surface area (Å²) in [4.78, 5) is 20.8. The van der Waals surface area contributed by atoms with E-state index in [1.807, 2.05) is 0 Å². The van der Waals surface area contributed by atoms with Crippen LogP contribution >= 0.6 is 0 Å². The Balaban J connectivity index is 0. The van der Waals surface area contributed by atoms with Crippen molar-refractivity contribution in [2.75, 3.05) is 0 Å². The Morgan fingerprint density at radius 2 is 2.09 bits per heavy atom. The van der Waals surface area contributed by atoms with Crippen molar-refractivity contribution in [2.24, 2.45) is 0 Å². The molecule has 0 rings (SSSR count). The van der Waals surface area contributed by atoms with Gasteiger partial charge in [0.1, 0.15) is 0 Å². The van der Waals surface area contributed by atoms with E-state index in [1.165, 1.54) is 0 Å². The van der Waals surface area contributed by atoms with Gasteiger partial charge in [0.2, 0.25) is 5.78 Å². The van der Waals surface area contributed by atoms with Crippen LogP contribution in [0.25, 0.3) is 0 Å². The molecular formula is C6H8NNaO3. The molecular weight excluding hydrogens is 157 g/mol. The number of nitrogens with zero attached hydrogens (tertiary/aromatic N) is 1. The SMILES string of the molecule is CCCC(=O)C(=O)OC#N.[NaH]. The van der Waals surface area contributed by atoms with Gasteiger partial charge in [0.25, 0.3) is 6.26 Å². The molecule has 5 heteroatoms. The Hall–Kier alpha value is -0.370. The van der Waals surface area contributed by atoms with Crippen molar-refractivity contribution in [3.63, 3.8) is 0 Å². The van der Waals surface area contributed by atoms with E-state index in [9.17, 15) is 9.59 Å². The first kappa shape index (κ1) is 13.2. The van der Waals surface area contributed by atoms with Gasteiger partial charge in [-0.3, -0.25) is 4.79 Å². The van der Waals surface area contributed by atoms with Crippen molar-refractivity contribution >= 4 is 41.3 Å².